The lowest BCUT2D eigenvalue weighted by atomic mass is 9.87. The molecule has 0 spiro atoms. The number of hydrogen-bond donors (Lipinski definition) is 2. The van der Waals surface area contributed by atoms with Crippen molar-refractivity contribution in [2.24, 2.45) is 5.92 Å². The molecule has 180 valence electrons. The van der Waals surface area contributed by atoms with E-state index in [1.807, 2.05) is 35.1 Å². The molecular weight excluding hydrogens is 428 g/mol. The fourth-order valence-electron chi connectivity index (χ4n) is 4.55. The summed E-state index contributed by atoms with van der Waals surface area (Å²) in [4.78, 5) is 28.8. The Bertz CT molecular complexity index is 1210. The minimum Gasteiger partial charge on any atom is -0.386 e. The Balaban J connectivity index is 1.66. The highest BCUT2D eigenvalue weighted by Gasteiger charge is 2.26. The van der Waals surface area contributed by atoms with Gasteiger partial charge in [0.2, 0.25) is 0 Å². The number of benzene rings is 1. The predicted octanol–water partition coefficient (Wildman–Crippen LogP) is 5.14. The van der Waals surface area contributed by atoms with E-state index >= 15 is 0 Å². The molecule has 2 heterocycles. The van der Waals surface area contributed by atoms with Gasteiger partial charge in [-0.3, -0.25) is 9.48 Å². The largest absolute Gasteiger partial charge is 0.386 e. The van der Waals surface area contributed by atoms with E-state index in [0.29, 0.717) is 16.9 Å². The summed E-state index contributed by atoms with van der Waals surface area (Å²) in [6.07, 6.45) is 6.63. The Kier molecular flexibility index (Phi) is 6.34. The minimum absolute atomic E-state index is 0.148. The smallest absolute Gasteiger partial charge is 0.274 e. The third-order valence-electron chi connectivity index (χ3n) is 6.63. The summed E-state index contributed by atoms with van der Waals surface area (Å²) in [5.41, 5.74) is 1.71. The van der Waals surface area contributed by atoms with Crippen molar-refractivity contribution < 1.29 is 14.7 Å². The molecule has 7 nitrogen and oxygen atoms in total. The molecule has 1 amide bonds. The van der Waals surface area contributed by atoms with E-state index in [4.69, 9.17) is 5.10 Å². The summed E-state index contributed by atoms with van der Waals surface area (Å²) in [5.74, 6) is -0.175. The van der Waals surface area contributed by atoms with Crippen LogP contribution < -0.4 is 5.32 Å². The first-order valence-electron chi connectivity index (χ1n) is 12.0. The number of fused-ring (bicyclic) bond motifs is 1. The summed E-state index contributed by atoms with van der Waals surface area (Å²) >= 11 is 0. The summed E-state index contributed by atoms with van der Waals surface area (Å²) < 4.78 is 1.97. The number of nitrogens with zero attached hydrogens (tertiary/aromatic N) is 3. The van der Waals surface area contributed by atoms with Gasteiger partial charge in [0.25, 0.3) is 5.91 Å². The average molecular weight is 463 g/mol. The van der Waals surface area contributed by atoms with Crippen LogP contribution in [0.15, 0.2) is 36.5 Å². The Morgan fingerprint density at radius 1 is 1.12 bits per heavy atom. The maximum absolute atomic E-state index is 13.1. The monoisotopic (exact) mass is 462 g/mol. The van der Waals surface area contributed by atoms with Gasteiger partial charge in [-0.1, -0.05) is 26.8 Å². The van der Waals surface area contributed by atoms with E-state index in [1.165, 1.54) is 0 Å². The molecule has 2 aromatic heterocycles. The van der Waals surface area contributed by atoms with Crippen molar-refractivity contribution in [2.45, 2.75) is 77.4 Å². The maximum atomic E-state index is 13.1. The summed E-state index contributed by atoms with van der Waals surface area (Å²) in [6.45, 7) is 9.56. The molecule has 1 aliphatic carbocycles. The molecule has 0 bridgehead atoms. The molecule has 1 aliphatic rings. The standard InChI is InChI=1S/C27H34N4O3/c1-26(2,3)24-8-6-7-21(28-24)25(33)29-23-13-18-15-31(19-11-9-17(16-32)10-12-19)30-22(18)14-20(23)27(4,5)34/h6-8,13-17,19,34H,9-12H2,1-5H3,(H,29,33). The highest BCUT2D eigenvalue weighted by Crippen LogP contribution is 2.35. The number of rotatable bonds is 5. The van der Waals surface area contributed by atoms with Gasteiger partial charge < -0.3 is 15.2 Å². The first kappa shape index (κ1) is 24.1. The van der Waals surface area contributed by atoms with E-state index in [-0.39, 0.29) is 23.3 Å². The third-order valence-corrected chi connectivity index (χ3v) is 6.63. The number of carbonyl (C=O) groups excluding carboxylic acids is 2. The molecule has 34 heavy (non-hydrogen) atoms. The van der Waals surface area contributed by atoms with Crippen LogP contribution in [0.5, 0.6) is 0 Å². The summed E-state index contributed by atoms with van der Waals surface area (Å²) in [7, 11) is 0. The molecule has 2 N–H and O–H groups in total. The van der Waals surface area contributed by atoms with Gasteiger partial charge in [0.1, 0.15) is 12.0 Å². The molecule has 0 radical (unpaired) electrons. The summed E-state index contributed by atoms with van der Waals surface area (Å²) in [6, 6.07) is 9.41. The Morgan fingerprint density at radius 2 is 1.82 bits per heavy atom. The van der Waals surface area contributed by atoms with Crippen molar-refractivity contribution in [1.29, 1.82) is 0 Å². The van der Waals surface area contributed by atoms with Crippen LogP contribution >= 0.6 is 0 Å². The SMILES string of the molecule is CC(C)(C)c1cccc(C(=O)Nc2cc3cn(C4CCC(C=O)CC4)nc3cc2C(C)(C)O)n1. The number of amides is 1. The lowest BCUT2D eigenvalue weighted by Gasteiger charge is -2.25. The van der Waals surface area contributed by atoms with E-state index < -0.39 is 5.60 Å². The first-order valence-corrected chi connectivity index (χ1v) is 12.0. The van der Waals surface area contributed by atoms with E-state index in [0.717, 1.165) is 48.6 Å². The molecule has 7 heteroatoms. The Morgan fingerprint density at radius 3 is 2.44 bits per heavy atom. The Hall–Kier alpha value is -3.06. The van der Waals surface area contributed by atoms with Gasteiger partial charge in [-0.15, -0.1) is 0 Å². The molecule has 0 atom stereocenters. The number of aldehydes is 1. The van der Waals surface area contributed by atoms with Crippen LogP contribution in [-0.4, -0.2) is 32.1 Å². The van der Waals surface area contributed by atoms with Gasteiger partial charge in [0.05, 0.1) is 17.2 Å². The lowest BCUT2D eigenvalue weighted by molar-refractivity contribution is -0.112. The summed E-state index contributed by atoms with van der Waals surface area (Å²) in [5, 5.41) is 19.5. The molecule has 1 fully saturated rings. The first-order chi connectivity index (χ1) is 16.0. The predicted molar refractivity (Wildman–Crippen MR) is 133 cm³/mol. The van der Waals surface area contributed by atoms with Crippen molar-refractivity contribution in [2.75, 3.05) is 5.32 Å². The molecule has 1 saturated carbocycles. The molecule has 1 aromatic carbocycles. The van der Waals surface area contributed by atoms with Crippen molar-refractivity contribution in [3.05, 3.63) is 53.5 Å². The van der Waals surface area contributed by atoms with E-state index in [1.54, 1.807) is 19.9 Å². The van der Waals surface area contributed by atoms with E-state index in [9.17, 15) is 14.7 Å². The number of pyridine rings is 1. The van der Waals surface area contributed by atoms with E-state index in [2.05, 4.69) is 31.1 Å². The average Bonchev–Trinajstić information content (AvgIpc) is 3.20. The van der Waals surface area contributed by atoms with Crippen molar-refractivity contribution >= 4 is 28.8 Å². The normalized spacial score (nSPS) is 19.2. The van der Waals surface area contributed by atoms with Crippen LogP contribution in [0.25, 0.3) is 10.9 Å². The minimum atomic E-state index is -1.18. The van der Waals surface area contributed by atoms with Gasteiger partial charge >= 0.3 is 0 Å². The van der Waals surface area contributed by atoms with Crippen LogP contribution in [0, 0.1) is 5.92 Å². The van der Waals surface area contributed by atoms with Gasteiger partial charge in [-0.05, 0) is 63.8 Å². The molecule has 0 saturated heterocycles. The number of anilines is 1. The number of nitrogens with one attached hydrogen (secondary N) is 1. The highest BCUT2D eigenvalue weighted by atomic mass is 16.3. The molecule has 0 aliphatic heterocycles. The van der Waals surface area contributed by atoms with Crippen molar-refractivity contribution in [1.82, 2.24) is 14.8 Å². The van der Waals surface area contributed by atoms with Gasteiger partial charge in [0, 0.05) is 39.9 Å². The fourth-order valence-corrected chi connectivity index (χ4v) is 4.55. The molecular formula is C27H34N4O3. The zero-order chi connectivity index (χ0) is 24.7. The number of carbonyl (C=O) groups is 2. The fraction of sp³-hybridized carbons (Fsp3) is 0.481. The zero-order valence-electron chi connectivity index (χ0n) is 20.6. The lowest BCUT2D eigenvalue weighted by Crippen LogP contribution is -2.22. The maximum Gasteiger partial charge on any atom is 0.274 e. The van der Waals surface area contributed by atoms with Crippen LogP contribution in [0.4, 0.5) is 5.69 Å². The highest BCUT2D eigenvalue weighted by molar-refractivity contribution is 6.04. The molecule has 4 rings (SSSR count). The molecule has 3 aromatic rings. The van der Waals surface area contributed by atoms with Gasteiger partial charge in [-0.25, -0.2) is 4.98 Å². The van der Waals surface area contributed by atoms with Crippen LogP contribution in [0.1, 0.15) is 88.1 Å². The second-order valence-corrected chi connectivity index (χ2v) is 10.9. The van der Waals surface area contributed by atoms with Crippen LogP contribution in [0.3, 0.4) is 0 Å². The van der Waals surface area contributed by atoms with Crippen molar-refractivity contribution in [3.8, 4) is 0 Å². The topological polar surface area (TPSA) is 97.1 Å². The third kappa shape index (κ3) is 5.04. The second kappa shape index (κ2) is 8.95. The van der Waals surface area contributed by atoms with Gasteiger partial charge in [0.15, 0.2) is 0 Å². The second-order valence-electron chi connectivity index (χ2n) is 10.9. The zero-order valence-corrected chi connectivity index (χ0v) is 20.6. The Labute approximate surface area is 200 Å². The van der Waals surface area contributed by atoms with Crippen LogP contribution in [-0.2, 0) is 15.8 Å². The number of hydrogen-bond acceptors (Lipinski definition) is 5. The van der Waals surface area contributed by atoms with Gasteiger partial charge in [-0.2, -0.15) is 5.10 Å². The van der Waals surface area contributed by atoms with Crippen LogP contribution in [0.2, 0.25) is 0 Å². The van der Waals surface area contributed by atoms with Crippen molar-refractivity contribution in [3.63, 3.8) is 0 Å². The number of aromatic nitrogens is 3. The number of aliphatic hydroxyl groups is 1. The quantitative estimate of drug-likeness (QED) is 0.512. The molecule has 0 unspecified atom stereocenters.